The number of hydrogen-bond acceptors (Lipinski definition) is 5. The summed E-state index contributed by atoms with van der Waals surface area (Å²) in [5.41, 5.74) is 7.97. The van der Waals surface area contributed by atoms with E-state index in [0.29, 0.717) is 5.84 Å². The fourth-order valence-electron chi connectivity index (χ4n) is 8.30. The zero-order valence-electron chi connectivity index (χ0n) is 30.3. The monoisotopic (exact) mass is 715 g/mol. The maximum atomic E-state index is 5.32. The lowest BCUT2D eigenvalue weighted by atomic mass is 9.90. The molecule has 0 saturated heterocycles. The fourth-order valence-corrected chi connectivity index (χ4v) is 8.30. The van der Waals surface area contributed by atoms with Crippen LogP contribution in [0.15, 0.2) is 198 Å². The number of aliphatic imine (C=N–C) groups is 2. The zero-order valence-corrected chi connectivity index (χ0v) is 30.3. The van der Waals surface area contributed by atoms with Gasteiger partial charge in [-0.25, -0.2) is 15.0 Å². The summed E-state index contributed by atoms with van der Waals surface area (Å²) in [4.78, 5) is 20.3. The van der Waals surface area contributed by atoms with Gasteiger partial charge in [0.1, 0.15) is 12.0 Å². The summed E-state index contributed by atoms with van der Waals surface area (Å²) in [5.74, 6) is 1.46. The molecular weight excluding hydrogens is 683 g/mol. The Morgan fingerprint density at radius 3 is 1.73 bits per heavy atom. The number of fused-ring (bicyclic) bond motifs is 9. The molecule has 262 valence electrons. The minimum atomic E-state index is -0.424. The van der Waals surface area contributed by atoms with Crippen molar-refractivity contribution in [2.24, 2.45) is 9.98 Å². The molecule has 5 nitrogen and oxygen atoms in total. The van der Waals surface area contributed by atoms with Crippen LogP contribution in [0.25, 0.3) is 76.4 Å². The SMILES string of the molecule is c1ccc(C2=NC(c3cc(-c4ccc5c6ccccc6c6ccccc6c5c4)cc(-c4nc5ccccc5c5ccncc45)c3)NC(c3ccccc3)=N2)cc1. The quantitative estimate of drug-likeness (QED) is 0.180. The molecule has 8 aromatic carbocycles. The number of amidine groups is 2. The van der Waals surface area contributed by atoms with Gasteiger partial charge < -0.3 is 5.32 Å². The van der Waals surface area contributed by atoms with E-state index in [2.05, 4.69) is 144 Å². The van der Waals surface area contributed by atoms with Crippen LogP contribution in [-0.2, 0) is 0 Å². The molecule has 1 N–H and O–H groups in total. The highest BCUT2D eigenvalue weighted by Gasteiger charge is 2.23. The van der Waals surface area contributed by atoms with Gasteiger partial charge >= 0.3 is 0 Å². The summed E-state index contributed by atoms with van der Waals surface area (Å²) in [6.45, 7) is 0. The predicted molar refractivity (Wildman–Crippen MR) is 232 cm³/mol. The summed E-state index contributed by atoms with van der Waals surface area (Å²) < 4.78 is 0. The number of nitrogens with zero attached hydrogens (tertiary/aromatic N) is 4. The number of aromatic nitrogens is 2. The first kappa shape index (κ1) is 32.0. The van der Waals surface area contributed by atoms with Gasteiger partial charge in [0.05, 0.1) is 11.2 Å². The first-order valence-electron chi connectivity index (χ1n) is 18.9. The van der Waals surface area contributed by atoms with E-state index in [9.17, 15) is 0 Å². The largest absolute Gasteiger partial charge is 0.344 e. The van der Waals surface area contributed by atoms with Crippen LogP contribution in [0.1, 0.15) is 22.9 Å². The second kappa shape index (κ2) is 13.1. The van der Waals surface area contributed by atoms with Gasteiger partial charge in [-0.3, -0.25) is 4.98 Å². The van der Waals surface area contributed by atoms with Crippen LogP contribution < -0.4 is 5.32 Å². The van der Waals surface area contributed by atoms with Crippen LogP contribution in [0.4, 0.5) is 0 Å². The highest BCUT2D eigenvalue weighted by atomic mass is 15.2. The number of benzene rings is 8. The molecule has 0 bridgehead atoms. The molecule has 1 aliphatic rings. The van der Waals surface area contributed by atoms with Crippen LogP contribution >= 0.6 is 0 Å². The maximum Gasteiger partial charge on any atom is 0.159 e. The third-order valence-corrected chi connectivity index (χ3v) is 10.9. The lowest BCUT2D eigenvalue weighted by Gasteiger charge is -2.25. The average Bonchev–Trinajstić information content (AvgIpc) is 3.29. The average molecular weight is 716 g/mol. The van der Waals surface area contributed by atoms with Crippen molar-refractivity contribution in [3.05, 3.63) is 205 Å². The molecule has 0 spiro atoms. The molecule has 5 heteroatoms. The molecule has 1 aliphatic heterocycles. The summed E-state index contributed by atoms with van der Waals surface area (Å²) >= 11 is 0. The minimum Gasteiger partial charge on any atom is -0.344 e. The Morgan fingerprint density at radius 2 is 1.00 bits per heavy atom. The number of pyridine rings is 2. The van der Waals surface area contributed by atoms with Crippen LogP contribution in [0.3, 0.4) is 0 Å². The number of para-hydroxylation sites is 1. The molecule has 3 heterocycles. The number of nitrogens with one attached hydrogen (secondary N) is 1. The van der Waals surface area contributed by atoms with Crippen molar-refractivity contribution in [3.8, 4) is 22.4 Å². The molecule has 0 aliphatic carbocycles. The van der Waals surface area contributed by atoms with Crippen molar-refractivity contribution >= 4 is 65.7 Å². The Morgan fingerprint density at radius 1 is 0.411 bits per heavy atom. The normalized spacial score (nSPS) is 14.2. The Bertz CT molecular complexity index is 3190. The molecule has 10 aromatic rings. The van der Waals surface area contributed by atoms with Gasteiger partial charge in [0.2, 0.25) is 0 Å². The smallest absolute Gasteiger partial charge is 0.159 e. The Hall–Kier alpha value is -7.50. The van der Waals surface area contributed by atoms with E-state index >= 15 is 0 Å². The van der Waals surface area contributed by atoms with Crippen molar-refractivity contribution in [1.82, 2.24) is 15.3 Å². The van der Waals surface area contributed by atoms with E-state index in [1.165, 1.54) is 32.3 Å². The molecule has 0 radical (unpaired) electrons. The Labute approximate surface area is 323 Å². The van der Waals surface area contributed by atoms with Gasteiger partial charge in [-0.15, -0.1) is 0 Å². The third-order valence-electron chi connectivity index (χ3n) is 10.9. The molecule has 0 saturated carbocycles. The topological polar surface area (TPSA) is 62.5 Å². The maximum absolute atomic E-state index is 5.32. The molecule has 11 rings (SSSR count). The van der Waals surface area contributed by atoms with Gasteiger partial charge in [0.25, 0.3) is 0 Å². The van der Waals surface area contributed by atoms with Gasteiger partial charge in [-0.2, -0.15) is 0 Å². The lowest BCUT2D eigenvalue weighted by Crippen LogP contribution is -2.33. The number of hydrogen-bond donors (Lipinski definition) is 1. The zero-order chi connectivity index (χ0) is 37.0. The van der Waals surface area contributed by atoms with Crippen LogP contribution in [-0.4, -0.2) is 21.6 Å². The Balaban J connectivity index is 1.17. The minimum absolute atomic E-state index is 0.424. The van der Waals surface area contributed by atoms with Gasteiger partial charge in [0.15, 0.2) is 5.84 Å². The number of rotatable bonds is 5. The molecule has 0 fully saturated rings. The molecule has 1 unspecified atom stereocenters. The lowest BCUT2D eigenvalue weighted by molar-refractivity contribution is 0.674. The van der Waals surface area contributed by atoms with Crippen molar-refractivity contribution in [2.75, 3.05) is 0 Å². The molecular formula is C51H33N5. The standard InChI is InChI=1S/C51H33N5/c1-3-13-32(14-4-1)49-54-50(33-15-5-2-6-16-33)56-51(55-49)37-28-35(27-36(29-37)48-46-31-52-26-25-43(46)44-21-11-12-22-47(44)53-48)34-23-24-42-40-19-8-7-17-38(40)39-18-9-10-20-41(39)45(42)30-34/h1-31,51H,(H,54,55,56). The van der Waals surface area contributed by atoms with Crippen LogP contribution in [0.5, 0.6) is 0 Å². The van der Waals surface area contributed by atoms with Crippen molar-refractivity contribution in [2.45, 2.75) is 6.17 Å². The first-order chi connectivity index (χ1) is 27.7. The summed E-state index contributed by atoms with van der Waals surface area (Å²) in [5, 5.41) is 14.4. The summed E-state index contributed by atoms with van der Waals surface area (Å²) in [7, 11) is 0. The van der Waals surface area contributed by atoms with E-state index in [0.717, 1.165) is 66.6 Å². The second-order valence-corrected chi connectivity index (χ2v) is 14.3. The highest BCUT2D eigenvalue weighted by molar-refractivity contribution is 6.25. The summed E-state index contributed by atoms with van der Waals surface area (Å²) in [6.07, 6.45) is 3.38. The third kappa shape index (κ3) is 5.40. The van der Waals surface area contributed by atoms with E-state index < -0.39 is 6.17 Å². The van der Waals surface area contributed by atoms with Crippen molar-refractivity contribution < 1.29 is 0 Å². The van der Waals surface area contributed by atoms with Gasteiger partial charge in [0, 0.05) is 39.9 Å². The van der Waals surface area contributed by atoms with E-state index in [4.69, 9.17) is 15.0 Å². The van der Waals surface area contributed by atoms with Crippen LogP contribution in [0, 0.1) is 0 Å². The van der Waals surface area contributed by atoms with Crippen molar-refractivity contribution in [1.29, 1.82) is 0 Å². The molecule has 0 amide bonds. The van der Waals surface area contributed by atoms with Crippen LogP contribution in [0.2, 0.25) is 0 Å². The second-order valence-electron chi connectivity index (χ2n) is 14.3. The van der Waals surface area contributed by atoms with Gasteiger partial charge in [-0.05, 0) is 90.8 Å². The fraction of sp³-hybridized carbons (Fsp3) is 0.0196. The van der Waals surface area contributed by atoms with Crippen molar-refractivity contribution in [3.63, 3.8) is 0 Å². The molecule has 1 atom stereocenters. The highest BCUT2D eigenvalue weighted by Crippen LogP contribution is 2.40. The summed E-state index contributed by atoms with van der Waals surface area (Å²) in [6, 6.07) is 62.0. The Kier molecular flexibility index (Phi) is 7.49. The first-order valence-corrected chi connectivity index (χ1v) is 18.9. The van der Waals surface area contributed by atoms with E-state index in [1.54, 1.807) is 0 Å². The van der Waals surface area contributed by atoms with E-state index in [-0.39, 0.29) is 0 Å². The van der Waals surface area contributed by atoms with E-state index in [1.807, 2.05) is 54.9 Å². The molecule has 2 aromatic heterocycles. The molecule has 56 heavy (non-hydrogen) atoms. The van der Waals surface area contributed by atoms with Gasteiger partial charge in [-0.1, -0.05) is 140 Å². The predicted octanol–water partition coefficient (Wildman–Crippen LogP) is 12.1.